The molecule has 0 nitrogen and oxygen atoms in total. The number of hydrogen-bond donors (Lipinski definition) is 0. The molecule has 0 bridgehead atoms. The quantitative estimate of drug-likeness (QED) is 0.210. The van der Waals surface area contributed by atoms with Gasteiger partial charge >= 0.3 is 195 Å². The van der Waals surface area contributed by atoms with Gasteiger partial charge in [-0.25, -0.2) is 0 Å². The standard InChI is InChI=1S/C28H16S2Se/c1-3-25(29-9-1)19-7-5-17-15-27-23(13-21(17)11-19)24-14-22-12-20(26-4-2-10-30-26)8-6-18(22)16-28(24)31-27/h1-16H. The number of thiophene rings is 2. The van der Waals surface area contributed by atoms with Crippen molar-refractivity contribution in [3.05, 3.63) is 95.7 Å². The van der Waals surface area contributed by atoms with Gasteiger partial charge in [-0.2, -0.15) is 0 Å². The SMILES string of the molecule is c1csc(-c2ccc3cc4[se]c5cc6ccc(-c7cccs7)cc6cc5c4cc3c2)c1. The zero-order chi connectivity index (χ0) is 20.4. The molecule has 0 aliphatic rings. The molecule has 0 atom stereocenters. The number of benzene rings is 4. The molecule has 0 N–H and O–H groups in total. The summed E-state index contributed by atoms with van der Waals surface area (Å²) in [7, 11) is 0. The molecule has 0 saturated heterocycles. The van der Waals surface area contributed by atoms with E-state index in [0.717, 1.165) is 0 Å². The molecule has 0 aliphatic carbocycles. The number of rotatable bonds is 2. The Balaban J connectivity index is 1.47. The van der Waals surface area contributed by atoms with Crippen LogP contribution in [0.3, 0.4) is 0 Å². The molecule has 0 radical (unpaired) electrons. The second-order valence-corrected chi connectivity index (χ2v) is 12.0. The Hall–Kier alpha value is -2.68. The second kappa shape index (κ2) is 6.91. The van der Waals surface area contributed by atoms with Crippen LogP contribution in [0.5, 0.6) is 0 Å². The molecule has 3 heteroatoms. The van der Waals surface area contributed by atoms with Crippen LogP contribution in [0.4, 0.5) is 0 Å². The molecule has 0 spiro atoms. The van der Waals surface area contributed by atoms with Gasteiger partial charge in [-0.05, 0) is 0 Å². The molecule has 0 unspecified atom stereocenters. The van der Waals surface area contributed by atoms with Gasteiger partial charge in [-0.1, -0.05) is 0 Å². The molecule has 7 rings (SSSR count). The molecule has 0 fully saturated rings. The first-order valence-electron chi connectivity index (χ1n) is 10.2. The van der Waals surface area contributed by atoms with Crippen LogP contribution < -0.4 is 0 Å². The summed E-state index contributed by atoms with van der Waals surface area (Å²) in [6.07, 6.45) is 0. The maximum absolute atomic E-state index is 2.42. The Morgan fingerprint density at radius 3 is 1.45 bits per heavy atom. The van der Waals surface area contributed by atoms with Gasteiger partial charge in [0.15, 0.2) is 0 Å². The molecule has 146 valence electrons. The summed E-state index contributed by atoms with van der Waals surface area (Å²) in [6, 6.07) is 32.1. The molecule has 0 aliphatic heterocycles. The molecule has 3 heterocycles. The summed E-state index contributed by atoms with van der Waals surface area (Å²) in [6.45, 7) is 0. The predicted molar refractivity (Wildman–Crippen MR) is 140 cm³/mol. The Kier molecular flexibility index (Phi) is 4.00. The van der Waals surface area contributed by atoms with Crippen molar-refractivity contribution in [1.29, 1.82) is 0 Å². The van der Waals surface area contributed by atoms with Crippen molar-refractivity contribution in [2.75, 3.05) is 0 Å². The summed E-state index contributed by atoms with van der Waals surface area (Å²) in [5.74, 6) is 0. The monoisotopic (exact) mass is 496 g/mol. The van der Waals surface area contributed by atoms with Crippen LogP contribution in [-0.4, -0.2) is 14.5 Å². The summed E-state index contributed by atoms with van der Waals surface area (Å²) >= 11 is 3.98. The van der Waals surface area contributed by atoms with Gasteiger partial charge in [0.05, 0.1) is 0 Å². The third-order valence-corrected chi connectivity index (χ3v) is 10.2. The maximum atomic E-state index is 2.42. The summed E-state index contributed by atoms with van der Waals surface area (Å²) < 4.78 is 3.01. The third kappa shape index (κ3) is 2.93. The predicted octanol–water partition coefficient (Wildman–Crippen LogP) is 8.81. The van der Waals surface area contributed by atoms with E-state index >= 15 is 0 Å². The van der Waals surface area contributed by atoms with Crippen LogP contribution in [0.15, 0.2) is 95.7 Å². The second-order valence-electron chi connectivity index (χ2n) is 7.88. The van der Waals surface area contributed by atoms with Gasteiger partial charge in [-0.3, -0.25) is 0 Å². The van der Waals surface area contributed by atoms with E-state index in [-0.39, 0.29) is 0 Å². The average Bonchev–Trinajstić information content (AvgIpc) is 3.57. The van der Waals surface area contributed by atoms with E-state index < -0.39 is 0 Å². The van der Waals surface area contributed by atoms with Gasteiger partial charge in [-0.15, -0.1) is 0 Å². The topological polar surface area (TPSA) is 0 Å². The summed E-state index contributed by atoms with van der Waals surface area (Å²) in [4.78, 5) is 2.67. The minimum atomic E-state index is 0.367. The van der Waals surface area contributed by atoms with Crippen LogP contribution >= 0.6 is 22.7 Å². The zero-order valence-corrected chi connectivity index (χ0v) is 19.8. The normalized spacial score (nSPS) is 11.9. The fourth-order valence-electron chi connectivity index (χ4n) is 4.45. The van der Waals surface area contributed by atoms with Crippen LogP contribution in [0.25, 0.3) is 61.7 Å². The first-order valence-corrected chi connectivity index (χ1v) is 13.7. The van der Waals surface area contributed by atoms with Crippen LogP contribution in [0.2, 0.25) is 0 Å². The van der Waals surface area contributed by atoms with Crippen molar-refractivity contribution < 1.29 is 0 Å². The first kappa shape index (κ1) is 17.9. The summed E-state index contributed by atoms with van der Waals surface area (Å²) in [5.41, 5.74) is 2.62. The van der Waals surface area contributed by atoms with Gasteiger partial charge in [0, 0.05) is 0 Å². The number of hydrogen-bond acceptors (Lipinski definition) is 2. The van der Waals surface area contributed by atoms with Crippen molar-refractivity contribution in [2.24, 2.45) is 0 Å². The van der Waals surface area contributed by atoms with Crippen molar-refractivity contribution in [3.63, 3.8) is 0 Å². The van der Waals surface area contributed by atoms with Gasteiger partial charge in [0.1, 0.15) is 0 Å². The average molecular weight is 496 g/mol. The fraction of sp³-hybridized carbons (Fsp3) is 0. The van der Waals surface area contributed by atoms with Gasteiger partial charge in [0.25, 0.3) is 0 Å². The minimum absolute atomic E-state index is 0.367. The van der Waals surface area contributed by atoms with E-state index in [9.17, 15) is 0 Å². The third-order valence-electron chi connectivity index (χ3n) is 6.00. The van der Waals surface area contributed by atoms with Crippen molar-refractivity contribution in [1.82, 2.24) is 0 Å². The summed E-state index contributed by atoms with van der Waals surface area (Å²) in [5, 5.41) is 12.5. The Labute approximate surface area is 193 Å². The van der Waals surface area contributed by atoms with Gasteiger partial charge in [0.2, 0.25) is 0 Å². The molecular formula is C28H16S2Se. The van der Waals surface area contributed by atoms with E-state index in [4.69, 9.17) is 0 Å². The van der Waals surface area contributed by atoms with E-state index in [0.29, 0.717) is 14.5 Å². The zero-order valence-electron chi connectivity index (χ0n) is 16.5. The van der Waals surface area contributed by atoms with Crippen molar-refractivity contribution in [3.8, 4) is 20.9 Å². The van der Waals surface area contributed by atoms with E-state index in [1.807, 2.05) is 0 Å². The molecule has 0 amide bonds. The van der Waals surface area contributed by atoms with Crippen molar-refractivity contribution in [2.45, 2.75) is 0 Å². The first-order chi connectivity index (χ1) is 15.3. The Morgan fingerprint density at radius 2 is 1.00 bits per heavy atom. The van der Waals surface area contributed by atoms with Crippen molar-refractivity contribution >= 4 is 78.0 Å². The molecule has 7 aromatic rings. The molecular weight excluding hydrogens is 479 g/mol. The molecule has 4 aromatic carbocycles. The Bertz CT molecular complexity index is 1590. The van der Waals surface area contributed by atoms with Gasteiger partial charge < -0.3 is 0 Å². The Morgan fingerprint density at radius 1 is 0.484 bits per heavy atom. The van der Waals surface area contributed by atoms with Crippen LogP contribution in [0, 0.1) is 0 Å². The number of fused-ring (bicyclic) bond motifs is 5. The fourth-order valence-corrected chi connectivity index (χ4v) is 8.35. The van der Waals surface area contributed by atoms with E-state index in [2.05, 4.69) is 95.7 Å². The van der Waals surface area contributed by atoms with E-state index in [1.165, 1.54) is 61.7 Å². The van der Waals surface area contributed by atoms with Crippen LogP contribution in [-0.2, 0) is 0 Å². The molecule has 3 aromatic heterocycles. The van der Waals surface area contributed by atoms with Crippen LogP contribution in [0.1, 0.15) is 0 Å². The molecule has 31 heavy (non-hydrogen) atoms. The van der Waals surface area contributed by atoms with E-state index in [1.54, 1.807) is 22.7 Å². The molecule has 0 saturated carbocycles.